The summed E-state index contributed by atoms with van der Waals surface area (Å²) in [4.78, 5) is 20.2. The molecular weight excluding hydrogens is 366 g/mol. The third-order valence-electron chi connectivity index (χ3n) is 6.36. The molecule has 5 heterocycles. The van der Waals surface area contributed by atoms with Crippen molar-refractivity contribution >= 4 is 27.8 Å². The summed E-state index contributed by atoms with van der Waals surface area (Å²) in [5, 5.41) is 5.27. The Hall–Kier alpha value is -3.12. The molecule has 0 spiro atoms. The van der Waals surface area contributed by atoms with Crippen LogP contribution in [0.1, 0.15) is 23.2 Å². The van der Waals surface area contributed by atoms with Crippen LogP contribution >= 0.6 is 0 Å². The van der Waals surface area contributed by atoms with Gasteiger partial charge in [0.15, 0.2) is 5.58 Å². The number of nitrogens with one attached hydrogen (secondary N) is 1. The van der Waals surface area contributed by atoms with Crippen LogP contribution in [-0.4, -0.2) is 41.5 Å². The Balaban J connectivity index is 1.33. The van der Waals surface area contributed by atoms with E-state index in [0.717, 1.165) is 36.0 Å². The fraction of sp³-hybridized carbons (Fsp3) is 0.304. The van der Waals surface area contributed by atoms with Crippen LogP contribution in [0.2, 0.25) is 0 Å². The van der Waals surface area contributed by atoms with Crippen LogP contribution in [0.3, 0.4) is 0 Å². The van der Waals surface area contributed by atoms with Crippen molar-refractivity contribution in [1.82, 2.24) is 15.2 Å². The lowest BCUT2D eigenvalue weighted by atomic mass is 9.84. The summed E-state index contributed by atoms with van der Waals surface area (Å²) >= 11 is 0. The molecule has 0 aliphatic carbocycles. The highest BCUT2D eigenvalue weighted by molar-refractivity contribution is 6.05. The Morgan fingerprint density at radius 1 is 1.10 bits per heavy atom. The summed E-state index contributed by atoms with van der Waals surface area (Å²) in [6, 6.07) is 11.7. The summed E-state index contributed by atoms with van der Waals surface area (Å²) in [7, 11) is 0. The first-order chi connectivity index (χ1) is 14.2. The first-order valence-electron chi connectivity index (χ1n) is 10.1. The minimum atomic E-state index is -0.0699. The lowest BCUT2D eigenvalue weighted by molar-refractivity contribution is 0.0621. The average Bonchev–Trinajstić information content (AvgIpc) is 3.40. The molecule has 29 heavy (non-hydrogen) atoms. The topological polar surface area (TPSA) is 71.5 Å². The number of fused-ring (bicyclic) bond motifs is 5. The van der Waals surface area contributed by atoms with Crippen LogP contribution in [-0.2, 0) is 0 Å². The Morgan fingerprint density at radius 3 is 2.79 bits per heavy atom. The number of carbonyl (C=O) groups is 1. The van der Waals surface area contributed by atoms with E-state index in [-0.39, 0.29) is 11.9 Å². The molecule has 3 saturated heterocycles. The van der Waals surface area contributed by atoms with E-state index in [1.165, 1.54) is 12.8 Å². The molecule has 4 aromatic rings. The quantitative estimate of drug-likeness (QED) is 0.574. The molecule has 1 amide bonds. The van der Waals surface area contributed by atoms with Crippen LogP contribution in [0.4, 0.5) is 0 Å². The smallest absolute Gasteiger partial charge is 0.253 e. The molecule has 6 heteroatoms. The van der Waals surface area contributed by atoms with Gasteiger partial charge in [-0.1, -0.05) is 12.1 Å². The molecule has 2 aromatic heterocycles. The van der Waals surface area contributed by atoms with Gasteiger partial charge in [-0.2, -0.15) is 0 Å². The summed E-state index contributed by atoms with van der Waals surface area (Å²) in [6.45, 7) is 3.25. The third kappa shape index (κ3) is 2.83. The van der Waals surface area contributed by atoms with Crippen molar-refractivity contribution in [3.8, 4) is 11.5 Å². The molecule has 146 valence electrons. The molecule has 1 N–H and O–H groups in total. The number of aromatic nitrogens is 1. The van der Waals surface area contributed by atoms with Crippen molar-refractivity contribution < 1.29 is 13.6 Å². The largest absolute Gasteiger partial charge is 0.471 e. The number of amides is 1. The van der Waals surface area contributed by atoms with E-state index in [2.05, 4.69) is 15.2 Å². The number of hydrogen-bond acceptors (Lipinski definition) is 5. The molecule has 3 fully saturated rings. The number of rotatable bonds is 3. The maximum Gasteiger partial charge on any atom is 0.253 e. The van der Waals surface area contributed by atoms with Crippen molar-refractivity contribution in [1.29, 1.82) is 0 Å². The SMILES string of the molecule is O=C(NC1CN2CCC1CC2)c1cccc2oc(-c3ccc4cocc4c3)nc12. The Bertz CT molecular complexity index is 1220. The second-order valence-corrected chi connectivity index (χ2v) is 8.10. The number of benzene rings is 2. The zero-order valence-electron chi connectivity index (χ0n) is 15.9. The molecule has 6 nitrogen and oxygen atoms in total. The Kier molecular flexibility index (Phi) is 3.74. The second-order valence-electron chi connectivity index (χ2n) is 8.10. The molecule has 2 bridgehead atoms. The number of oxazole rings is 1. The zero-order chi connectivity index (χ0) is 19.4. The minimum Gasteiger partial charge on any atom is -0.471 e. The van der Waals surface area contributed by atoms with Gasteiger partial charge in [0.2, 0.25) is 5.89 Å². The average molecular weight is 387 g/mol. The van der Waals surface area contributed by atoms with E-state index in [9.17, 15) is 4.79 Å². The Morgan fingerprint density at radius 2 is 1.97 bits per heavy atom. The summed E-state index contributed by atoms with van der Waals surface area (Å²) in [5.41, 5.74) is 2.65. The lowest BCUT2D eigenvalue weighted by Gasteiger charge is -2.44. The lowest BCUT2D eigenvalue weighted by Crippen LogP contribution is -2.57. The van der Waals surface area contributed by atoms with E-state index in [1.807, 2.05) is 36.4 Å². The van der Waals surface area contributed by atoms with Gasteiger partial charge in [0.05, 0.1) is 18.1 Å². The van der Waals surface area contributed by atoms with Gasteiger partial charge in [0.25, 0.3) is 5.91 Å². The maximum absolute atomic E-state index is 13.1. The number of carbonyl (C=O) groups excluding carboxylic acids is 1. The monoisotopic (exact) mass is 387 g/mol. The number of nitrogens with zero attached hydrogens (tertiary/aromatic N) is 2. The molecule has 0 saturated carbocycles. The first-order valence-corrected chi connectivity index (χ1v) is 10.1. The molecule has 0 radical (unpaired) electrons. The molecule has 7 rings (SSSR count). The van der Waals surface area contributed by atoms with Gasteiger partial charge in [-0.05, 0) is 56.1 Å². The highest BCUT2D eigenvalue weighted by Gasteiger charge is 2.35. The van der Waals surface area contributed by atoms with Gasteiger partial charge in [0.1, 0.15) is 5.52 Å². The third-order valence-corrected chi connectivity index (χ3v) is 6.36. The van der Waals surface area contributed by atoms with Crippen molar-refractivity contribution in [3.05, 3.63) is 54.5 Å². The van der Waals surface area contributed by atoms with Crippen LogP contribution in [0.25, 0.3) is 33.3 Å². The van der Waals surface area contributed by atoms with E-state index >= 15 is 0 Å². The predicted octanol–water partition coefficient (Wildman–Crippen LogP) is 4.07. The molecule has 1 unspecified atom stereocenters. The van der Waals surface area contributed by atoms with Gasteiger partial charge in [-0.15, -0.1) is 0 Å². The highest BCUT2D eigenvalue weighted by Crippen LogP contribution is 2.30. The van der Waals surface area contributed by atoms with Crippen molar-refractivity contribution in [2.75, 3.05) is 19.6 Å². The fourth-order valence-corrected chi connectivity index (χ4v) is 4.73. The van der Waals surface area contributed by atoms with Crippen LogP contribution in [0.15, 0.2) is 57.8 Å². The van der Waals surface area contributed by atoms with E-state index in [4.69, 9.17) is 8.83 Å². The highest BCUT2D eigenvalue weighted by atomic mass is 16.3. The van der Waals surface area contributed by atoms with Gasteiger partial charge >= 0.3 is 0 Å². The second kappa shape index (κ2) is 6.46. The standard InChI is InChI=1S/C23H21N3O3/c27-22(24-19-11-26-8-6-14(19)7-9-26)18-2-1-3-20-21(18)25-23(29-20)15-4-5-16-12-28-13-17(16)10-15/h1-5,10,12-14,19H,6-9,11H2,(H,24,27). The maximum atomic E-state index is 13.1. The van der Waals surface area contributed by atoms with E-state index < -0.39 is 0 Å². The minimum absolute atomic E-state index is 0.0699. The van der Waals surface area contributed by atoms with Crippen molar-refractivity contribution in [3.63, 3.8) is 0 Å². The van der Waals surface area contributed by atoms with Crippen LogP contribution < -0.4 is 5.32 Å². The summed E-state index contributed by atoms with van der Waals surface area (Å²) in [5.74, 6) is 1.02. The Labute approximate surface area is 167 Å². The number of para-hydroxylation sites is 1. The number of piperidine rings is 3. The first kappa shape index (κ1) is 16.8. The summed E-state index contributed by atoms with van der Waals surface area (Å²) in [6.07, 6.45) is 5.75. The molecule has 3 aliphatic rings. The molecular formula is C23H21N3O3. The number of hydrogen-bond donors (Lipinski definition) is 1. The van der Waals surface area contributed by atoms with Gasteiger partial charge in [-0.3, -0.25) is 4.79 Å². The van der Waals surface area contributed by atoms with Gasteiger partial charge in [-0.25, -0.2) is 4.98 Å². The fourth-order valence-electron chi connectivity index (χ4n) is 4.73. The molecule has 2 aromatic carbocycles. The summed E-state index contributed by atoms with van der Waals surface area (Å²) < 4.78 is 11.2. The predicted molar refractivity (Wildman–Crippen MR) is 110 cm³/mol. The molecule has 3 aliphatic heterocycles. The van der Waals surface area contributed by atoms with E-state index in [0.29, 0.717) is 28.5 Å². The normalized spacial score (nSPS) is 23.7. The number of furan rings is 1. The van der Waals surface area contributed by atoms with Gasteiger partial charge < -0.3 is 19.1 Å². The zero-order valence-corrected chi connectivity index (χ0v) is 15.9. The van der Waals surface area contributed by atoms with Crippen molar-refractivity contribution in [2.45, 2.75) is 18.9 Å². The van der Waals surface area contributed by atoms with E-state index in [1.54, 1.807) is 12.5 Å². The molecule has 1 atom stereocenters. The van der Waals surface area contributed by atoms with Crippen molar-refractivity contribution in [2.24, 2.45) is 5.92 Å². The van der Waals surface area contributed by atoms with Gasteiger partial charge in [0, 0.05) is 28.9 Å². The van der Waals surface area contributed by atoms with Crippen LogP contribution in [0, 0.1) is 5.92 Å². The van der Waals surface area contributed by atoms with Crippen LogP contribution in [0.5, 0.6) is 0 Å².